The number of aryl methyl sites for hydroxylation is 1. The van der Waals surface area contributed by atoms with Gasteiger partial charge in [0.1, 0.15) is 11.6 Å². The van der Waals surface area contributed by atoms with Crippen LogP contribution in [-0.2, 0) is 6.54 Å². The molecule has 0 bridgehead atoms. The van der Waals surface area contributed by atoms with Crippen molar-refractivity contribution >= 4 is 0 Å². The van der Waals surface area contributed by atoms with Crippen LogP contribution in [0, 0.1) is 12.7 Å². The van der Waals surface area contributed by atoms with Gasteiger partial charge in [0.25, 0.3) is 0 Å². The molecule has 0 fully saturated rings. The van der Waals surface area contributed by atoms with Gasteiger partial charge >= 0.3 is 0 Å². The summed E-state index contributed by atoms with van der Waals surface area (Å²) >= 11 is 0. The highest BCUT2D eigenvalue weighted by Gasteiger charge is 2.04. The van der Waals surface area contributed by atoms with E-state index in [2.05, 4.69) is 15.3 Å². The van der Waals surface area contributed by atoms with Crippen molar-refractivity contribution in [3.05, 3.63) is 41.6 Å². The van der Waals surface area contributed by atoms with Crippen LogP contribution in [0.25, 0.3) is 11.3 Å². The molecule has 2 N–H and O–H groups in total. The Morgan fingerprint density at radius 3 is 2.94 bits per heavy atom. The number of halogens is 1. The number of nitrogens with zero attached hydrogens (tertiary/aromatic N) is 1. The van der Waals surface area contributed by atoms with E-state index in [1.165, 1.54) is 6.07 Å². The number of H-pyrrole nitrogens is 1. The van der Waals surface area contributed by atoms with E-state index in [9.17, 15) is 4.39 Å². The maximum absolute atomic E-state index is 13.1. The van der Waals surface area contributed by atoms with Gasteiger partial charge < -0.3 is 10.3 Å². The minimum absolute atomic E-state index is 0.182. The number of nitrogens with one attached hydrogen (secondary N) is 2. The highest BCUT2D eigenvalue weighted by atomic mass is 19.1. The Hall–Kier alpha value is -1.68. The highest BCUT2D eigenvalue weighted by Crippen LogP contribution is 2.19. The molecule has 1 aromatic carbocycles. The number of rotatable bonds is 3. The summed E-state index contributed by atoms with van der Waals surface area (Å²) in [6, 6.07) is 5.04. The molecule has 3 nitrogen and oxygen atoms in total. The van der Waals surface area contributed by atoms with Gasteiger partial charge in [0.15, 0.2) is 0 Å². The average molecular weight is 219 g/mol. The van der Waals surface area contributed by atoms with Crippen molar-refractivity contribution in [3.63, 3.8) is 0 Å². The lowest BCUT2D eigenvalue weighted by Gasteiger charge is -2.00. The largest absolute Gasteiger partial charge is 0.341 e. The molecule has 2 rings (SSSR count). The molecule has 0 amide bonds. The number of aromatic nitrogens is 2. The summed E-state index contributed by atoms with van der Waals surface area (Å²) in [5.41, 5.74) is 2.50. The zero-order valence-corrected chi connectivity index (χ0v) is 9.34. The van der Waals surface area contributed by atoms with Crippen molar-refractivity contribution in [1.29, 1.82) is 0 Å². The van der Waals surface area contributed by atoms with Gasteiger partial charge in [0.05, 0.1) is 18.4 Å². The molecule has 1 aromatic heterocycles. The van der Waals surface area contributed by atoms with Crippen LogP contribution in [0.3, 0.4) is 0 Å². The van der Waals surface area contributed by atoms with Gasteiger partial charge in [-0.2, -0.15) is 0 Å². The van der Waals surface area contributed by atoms with E-state index in [1.54, 1.807) is 19.2 Å². The van der Waals surface area contributed by atoms with E-state index in [4.69, 9.17) is 0 Å². The van der Waals surface area contributed by atoms with E-state index in [0.717, 1.165) is 17.1 Å². The first-order valence-electron chi connectivity index (χ1n) is 5.15. The number of benzene rings is 1. The standard InChI is InChI=1S/C12H14FN3/c1-8-5-9(3-4-10(8)13)11-6-15-12(16-11)7-14-2/h3-6,14H,7H2,1-2H3,(H,15,16). The van der Waals surface area contributed by atoms with E-state index in [1.807, 2.05) is 13.1 Å². The molecule has 84 valence electrons. The quantitative estimate of drug-likeness (QED) is 0.831. The van der Waals surface area contributed by atoms with Crippen molar-refractivity contribution in [2.24, 2.45) is 0 Å². The molecule has 0 unspecified atom stereocenters. The molecule has 0 spiro atoms. The number of hydrogen-bond donors (Lipinski definition) is 2. The molecule has 16 heavy (non-hydrogen) atoms. The third kappa shape index (κ3) is 2.12. The average Bonchev–Trinajstić information content (AvgIpc) is 2.71. The van der Waals surface area contributed by atoms with Gasteiger partial charge in [0.2, 0.25) is 0 Å². The molecular weight excluding hydrogens is 205 g/mol. The van der Waals surface area contributed by atoms with Crippen molar-refractivity contribution in [1.82, 2.24) is 15.3 Å². The van der Waals surface area contributed by atoms with Crippen molar-refractivity contribution in [2.45, 2.75) is 13.5 Å². The third-order valence-electron chi connectivity index (χ3n) is 2.44. The molecule has 0 atom stereocenters. The van der Waals surface area contributed by atoms with E-state index in [0.29, 0.717) is 12.1 Å². The second-order valence-electron chi connectivity index (χ2n) is 3.74. The molecule has 4 heteroatoms. The van der Waals surface area contributed by atoms with Crippen molar-refractivity contribution < 1.29 is 4.39 Å². The molecule has 0 aliphatic heterocycles. The predicted molar refractivity (Wildman–Crippen MR) is 61.5 cm³/mol. The summed E-state index contributed by atoms with van der Waals surface area (Å²) in [6.07, 6.45) is 1.76. The number of imidazole rings is 1. The summed E-state index contributed by atoms with van der Waals surface area (Å²) in [5, 5.41) is 3.02. The third-order valence-corrected chi connectivity index (χ3v) is 2.44. The Bertz CT molecular complexity index is 491. The predicted octanol–water partition coefficient (Wildman–Crippen LogP) is 2.24. The van der Waals surface area contributed by atoms with Gasteiger partial charge in [-0.3, -0.25) is 0 Å². The summed E-state index contributed by atoms with van der Waals surface area (Å²) in [5.74, 6) is 0.693. The Labute approximate surface area is 93.7 Å². The number of aromatic amines is 1. The monoisotopic (exact) mass is 219 g/mol. The minimum Gasteiger partial charge on any atom is -0.341 e. The molecule has 0 saturated heterocycles. The van der Waals surface area contributed by atoms with Crippen LogP contribution in [0.1, 0.15) is 11.4 Å². The summed E-state index contributed by atoms with van der Waals surface area (Å²) in [6.45, 7) is 2.45. The molecule has 0 radical (unpaired) electrons. The van der Waals surface area contributed by atoms with Crippen molar-refractivity contribution in [3.8, 4) is 11.3 Å². The summed E-state index contributed by atoms with van der Waals surface area (Å²) < 4.78 is 13.1. The Morgan fingerprint density at radius 1 is 1.44 bits per heavy atom. The second kappa shape index (κ2) is 4.45. The lowest BCUT2D eigenvalue weighted by molar-refractivity contribution is 0.619. The SMILES string of the molecule is CNCc1ncc(-c2ccc(F)c(C)c2)[nH]1. The Morgan fingerprint density at radius 2 is 2.25 bits per heavy atom. The van der Waals surface area contributed by atoms with E-state index in [-0.39, 0.29) is 5.82 Å². The van der Waals surface area contributed by atoms with Gasteiger partial charge in [-0.25, -0.2) is 9.37 Å². The number of hydrogen-bond acceptors (Lipinski definition) is 2. The zero-order valence-electron chi connectivity index (χ0n) is 9.34. The minimum atomic E-state index is -0.182. The molecule has 0 aliphatic rings. The molecular formula is C12H14FN3. The molecule has 0 saturated carbocycles. The fourth-order valence-electron chi connectivity index (χ4n) is 1.58. The Balaban J connectivity index is 2.31. The van der Waals surface area contributed by atoms with Crippen LogP contribution in [0.15, 0.2) is 24.4 Å². The topological polar surface area (TPSA) is 40.7 Å². The van der Waals surface area contributed by atoms with Crippen LogP contribution < -0.4 is 5.32 Å². The van der Waals surface area contributed by atoms with Crippen LogP contribution in [0.4, 0.5) is 4.39 Å². The smallest absolute Gasteiger partial charge is 0.126 e. The lowest BCUT2D eigenvalue weighted by Crippen LogP contribution is -2.06. The first-order valence-corrected chi connectivity index (χ1v) is 5.15. The molecule has 1 heterocycles. The van der Waals surface area contributed by atoms with Gasteiger partial charge in [-0.1, -0.05) is 0 Å². The van der Waals surface area contributed by atoms with E-state index >= 15 is 0 Å². The maximum Gasteiger partial charge on any atom is 0.126 e. The van der Waals surface area contributed by atoms with Crippen LogP contribution >= 0.6 is 0 Å². The highest BCUT2D eigenvalue weighted by molar-refractivity contribution is 5.59. The first kappa shape index (κ1) is 10.8. The molecule has 0 aliphatic carbocycles. The Kier molecular flexibility index (Phi) is 3.01. The summed E-state index contributed by atoms with van der Waals surface area (Å²) in [7, 11) is 1.87. The zero-order chi connectivity index (χ0) is 11.5. The lowest BCUT2D eigenvalue weighted by atomic mass is 10.1. The van der Waals surface area contributed by atoms with Crippen molar-refractivity contribution in [2.75, 3.05) is 7.05 Å². The van der Waals surface area contributed by atoms with Gasteiger partial charge in [-0.05, 0) is 37.7 Å². The van der Waals surface area contributed by atoms with E-state index < -0.39 is 0 Å². The van der Waals surface area contributed by atoms with Gasteiger partial charge in [0, 0.05) is 5.56 Å². The molecule has 2 aromatic rings. The fourth-order valence-corrected chi connectivity index (χ4v) is 1.58. The van der Waals surface area contributed by atoms with Crippen LogP contribution in [0.2, 0.25) is 0 Å². The first-order chi connectivity index (χ1) is 7.70. The van der Waals surface area contributed by atoms with Gasteiger partial charge in [-0.15, -0.1) is 0 Å². The second-order valence-corrected chi connectivity index (χ2v) is 3.74. The normalized spacial score (nSPS) is 10.7. The van der Waals surface area contributed by atoms with Crippen LogP contribution in [-0.4, -0.2) is 17.0 Å². The maximum atomic E-state index is 13.1. The fraction of sp³-hybridized carbons (Fsp3) is 0.250. The summed E-state index contributed by atoms with van der Waals surface area (Å²) in [4.78, 5) is 7.40. The van der Waals surface area contributed by atoms with Crippen LogP contribution in [0.5, 0.6) is 0 Å².